The van der Waals surface area contributed by atoms with Crippen LogP contribution in [-0.2, 0) is 9.53 Å². The average Bonchev–Trinajstić information content (AvgIpc) is 2.92. The Kier molecular flexibility index (Phi) is 6.17. The maximum Gasteiger partial charge on any atom is 0.239 e. The second kappa shape index (κ2) is 7.89. The van der Waals surface area contributed by atoms with Crippen molar-refractivity contribution in [3.63, 3.8) is 0 Å². The standard InChI is InChI=1S/C15H25N3O2S/c1-3-5-17-15(19)13-10-20-7-6-18(13)12(9-16)14-11(2)4-8-21-14/h4,8,12-13H,3,5-7,9-10,16H2,1-2H3,(H,17,19). The number of rotatable bonds is 6. The minimum absolute atomic E-state index is 0.0456. The van der Waals surface area contributed by atoms with Gasteiger partial charge in [0.1, 0.15) is 6.04 Å². The zero-order valence-electron chi connectivity index (χ0n) is 12.8. The van der Waals surface area contributed by atoms with Gasteiger partial charge in [-0.15, -0.1) is 11.3 Å². The van der Waals surface area contributed by atoms with E-state index in [4.69, 9.17) is 10.5 Å². The Morgan fingerprint density at radius 2 is 2.48 bits per heavy atom. The number of hydrogen-bond acceptors (Lipinski definition) is 5. The van der Waals surface area contributed by atoms with Gasteiger partial charge in [0.2, 0.25) is 5.91 Å². The van der Waals surface area contributed by atoms with E-state index >= 15 is 0 Å². The zero-order chi connectivity index (χ0) is 15.2. The summed E-state index contributed by atoms with van der Waals surface area (Å²) in [6, 6.07) is 1.95. The topological polar surface area (TPSA) is 67.6 Å². The first-order chi connectivity index (χ1) is 10.2. The molecule has 2 heterocycles. The van der Waals surface area contributed by atoms with Crippen LogP contribution < -0.4 is 11.1 Å². The second-order valence-corrected chi connectivity index (χ2v) is 6.29. The van der Waals surface area contributed by atoms with Crippen molar-refractivity contribution in [1.29, 1.82) is 0 Å². The van der Waals surface area contributed by atoms with E-state index in [-0.39, 0.29) is 18.0 Å². The summed E-state index contributed by atoms with van der Waals surface area (Å²) < 4.78 is 5.52. The van der Waals surface area contributed by atoms with E-state index in [1.807, 2.05) is 6.92 Å². The number of carbonyl (C=O) groups excluding carboxylic acids is 1. The largest absolute Gasteiger partial charge is 0.378 e. The van der Waals surface area contributed by atoms with Crippen LogP contribution in [0.2, 0.25) is 0 Å². The highest BCUT2D eigenvalue weighted by atomic mass is 32.1. The first kappa shape index (κ1) is 16.4. The third-order valence-corrected chi connectivity index (χ3v) is 4.97. The Bertz CT molecular complexity index is 464. The fraction of sp³-hybridized carbons (Fsp3) is 0.667. The van der Waals surface area contributed by atoms with Gasteiger partial charge >= 0.3 is 0 Å². The molecule has 1 aliphatic rings. The molecule has 2 rings (SSSR count). The van der Waals surface area contributed by atoms with Crippen molar-refractivity contribution in [3.05, 3.63) is 21.9 Å². The van der Waals surface area contributed by atoms with Crippen LogP contribution in [-0.4, -0.2) is 49.7 Å². The molecule has 2 unspecified atom stereocenters. The summed E-state index contributed by atoms with van der Waals surface area (Å²) >= 11 is 1.71. The maximum atomic E-state index is 12.4. The number of thiophene rings is 1. The van der Waals surface area contributed by atoms with Crippen LogP contribution in [0, 0.1) is 6.92 Å². The monoisotopic (exact) mass is 311 g/mol. The first-order valence-corrected chi connectivity index (χ1v) is 8.42. The number of morpholine rings is 1. The summed E-state index contributed by atoms with van der Waals surface area (Å²) in [5, 5.41) is 5.06. The second-order valence-electron chi connectivity index (χ2n) is 5.34. The van der Waals surface area contributed by atoms with Crippen molar-refractivity contribution in [2.24, 2.45) is 5.73 Å². The lowest BCUT2D eigenvalue weighted by Gasteiger charge is -2.39. The summed E-state index contributed by atoms with van der Waals surface area (Å²) in [7, 11) is 0. The molecule has 0 radical (unpaired) electrons. The predicted molar refractivity (Wildman–Crippen MR) is 85.5 cm³/mol. The molecule has 3 N–H and O–H groups in total. The van der Waals surface area contributed by atoms with E-state index in [0.717, 1.165) is 13.0 Å². The molecular formula is C15H25N3O2S. The number of hydrogen-bond donors (Lipinski definition) is 2. The predicted octanol–water partition coefficient (Wildman–Crippen LogP) is 1.28. The SMILES string of the molecule is CCCNC(=O)C1COCCN1C(CN)c1sccc1C. The highest BCUT2D eigenvalue weighted by molar-refractivity contribution is 7.10. The summed E-state index contributed by atoms with van der Waals surface area (Å²) in [6.07, 6.45) is 0.934. The highest BCUT2D eigenvalue weighted by Crippen LogP contribution is 2.30. The molecule has 1 saturated heterocycles. The van der Waals surface area contributed by atoms with Crippen molar-refractivity contribution in [2.75, 3.05) is 32.8 Å². The van der Waals surface area contributed by atoms with Gasteiger partial charge in [0.05, 0.1) is 19.3 Å². The highest BCUT2D eigenvalue weighted by Gasteiger charge is 2.35. The lowest BCUT2D eigenvalue weighted by atomic mass is 10.1. The molecule has 0 aromatic carbocycles. The van der Waals surface area contributed by atoms with Crippen LogP contribution in [0.1, 0.15) is 29.8 Å². The van der Waals surface area contributed by atoms with Crippen molar-refractivity contribution >= 4 is 17.2 Å². The normalized spacial score (nSPS) is 21.2. The molecule has 5 nitrogen and oxygen atoms in total. The van der Waals surface area contributed by atoms with Gasteiger partial charge in [-0.05, 0) is 30.4 Å². The van der Waals surface area contributed by atoms with E-state index in [1.54, 1.807) is 11.3 Å². The van der Waals surface area contributed by atoms with Crippen LogP contribution in [0.15, 0.2) is 11.4 Å². The third-order valence-electron chi connectivity index (χ3n) is 3.85. The maximum absolute atomic E-state index is 12.4. The summed E-state index contributed by atoms with van der Waals surface area (Å²) in [5.41, 5.74) is 7.26. The molecule has 1 amide bonds. The molecule has 1 fully saturated rings. The van der Waals surface area contributed by atoms with Crippen LogP contribution in [0.25, 0.3) is 0 Å². The number of nitrogens with two attached hydrogens (primary N) is 1. The quantitative estimate of drug-likeness (QED) is 0.830. The number of nitrogens with zero attached hydrogens (tertiary/aromatic N) is 1. The first-order valence-electron chi connectivity index (χ1n) is 7.54. The summed E-state index contributed by atoms with van der Waals surface area (Å²) in [5.74, 6) is 0.0456. The molecular weight excluding hydrogens is 286 g/mol. The molecule has 1 aromatic heterocycles. The number of ether oxygens (including phenoxy) is 1. The van der Waals surface area contributed by atoms with E-state index in [0.29, 0.717) is 26.3 Å². The summed E-state index contributed by atoms with van der Waals surface area (Å²) in [4.78, 5) is 15.8. The average molecular weight is 311 g/mol. The van der Waals surface area contributed by atoms with E-state index < -0.39 is 0 Å². The third kappa shape index (κ3) is 3.83. The molecule has 0 spiro atoms. The Hall–Kier alpha value is -0.950. The zero-order valence-corrected chi connectivity index (χ0v) is 13.6. The molecule has 21 heavy (non-hydrogen) atoms. The molecule has 0 aliphatic carbocycles. The fourth-order valence-electron chi connectivity index (χ4n) is 2.70. The summed E-state index contributed by atoms with van der Waals surface area (Å²) in [6.45, 7) is 7.19. The number of carbonyl (C=O) groups is 1. The molecule has 0 bridgehead atoms. The Morgan fingerprint density at radius 3 is 3.10 bits per heavy atom. The van der Waals surface area contributed by atoms with Crippen molar-refractivity contribution in [1.82, 2.24) is 10.2 Å². The number of nitrogens with one attached hydrogen (secondary N) is 1. The van der Waals surface area contributed by atoms with E-state index in [9.17, 15) is 4.79 Å². The smallest absolute Gasteiger partial charge is 0.239 e. The Balaban J connectivity index is 2.16. The molecule has 6 heteroatoms. The van der Waals surface area contributed by atoms with Gasteiger partial charge in [-0.1, -0.05) is 6.92 Å². The van der Waals surface area contributed by atoms with Crippen molar-refractivity contribution in [2.45, 2.75) is 32.4 Å². The van der Waals surface area contributed by atoms with Gasteiger partial charge in [-0.25, -0.2) is 0 Å². The van der Waals surface area contributed by atoms with E-state index in [2.05, 4.69) is 28.6 Å². The molecule has 0 saturated carbocycles. The van der Waals surface area contributed by atoms with Gasteiger partial charge in [-0.2, -0.15) is 0 Å². The fourth-order valence-corrected chi connectivity index (χ4v) is 3.76. The molecule has 1 aromatic rings. The van der Waals surface area contributed by atoms with Crippen LogP contribution in [0.4, 0.5) is 0 Å². The van der Waals surface area contributed by atoms with Gasteiger partial charge in [0, 0.05) is 24.5 Å². The van der Waals surface area contributed by atoms with Crippen LogP contribution in [0.3, 0.4) is 0 Å². The molecule has 1 aliphatic heterocycles. The minimum atomic E-state index is -0.250. The lowest BCUT2D eigenvalue weighted by Crippen LogP contribution is -2.56. The minimum Gasteiger partial charge on any atom is -0.378 e. The number of aryl methyl sites for hydroxylation is 1. The van der Waals surface area contributed by atoms with Gasteiger partial charge in [0.25, 0.3) is 0 Å². The molecule has 2 atom stereocenters. The van der Waals surface area contributed by atoms with Gasteiger partial charge in [-0.3, -0.25) is 9.69 Å². The lowest BCUT2D eigenvalue weighted by molar-refractivity contribution is -0.134. The molecule has 118 valence electrons. The van der Waals surface area contributed by atoms with Crippen molar-refractivity contribution in [3.8, 4) is 0 Å². The van der Waals surface area contributed by atoms with Gasteiger partial charge in [0.15, 0.2) is 0 Å². The van der Waals surface area contributed by atoms with Crippen LogP contribution in [0.5, 0.6) is 0 Å². The van der Waals surface area contributed by atoms with Crippen molar-refractivity contribution < 1.29 is 9.53 Å². The number of amides is 1. The van der Waals surface area contributed by atoms with Crippen LogP contribution >= 0.6 is 11.3 Å². The van der Waals surface area contributed by atoms with E-state index in [1.165, 1.54) is 10.4 Å². The van der Waals surface area contributed by atoms with Gasteiger partial charge < -0.3 is 15.8 Å². The Morgan fingerprint density at radius 1 is 1.67 bits per heavy atom. The Labute approximate surface area is 130 Å².